The number of nitrogens with one attached hydrogen (secondary N) is 3. The number of aromatic nitrogens is 2. The van der Waals surface area contributed by atoms with Crippen LogP contribution >= 0.6 is 0 Å². The van der Waals surface area contributed by atoms with Crippen molar-refractivity contribution in [3.8, 4) is 5.75 Å². The van der Waals surface area contributed by atoms with E-state index in [0.717, 1.165) is 24.2 Å². The highest BCUT2D eigenvalue weighted by molar-refractivity contribution is 6.04. The Bertz CT molecular complexity index is 671. The van der Waals surface area contributed by atoms with Gasteiger partial charge in [0.15, 0.2) is 5.69 Å². The van der Waals surface area contributed by atoms with E-state index in [1.165, 1.54) is 0 Å². The number of hydrogen-bond donors (Lipinski definition) is 3. The molecule has 116 valence electrons. The van der Waals surface area contributed by atoms with Crippen LogP contribution in [0.2, 0.25) is 0 Å². The minimum atomic E-state index is -0.553. The zero-order valence-corrected chi connectivity index (χ0v) is 12.0. The fourth-order valence-electron chi connectivity index (χ4n) is 2.42. The largest absolute Gasteiger partial charge is 0.491 e. The molecule has 0 spiro atoms. The summed E-state index contributed by atoms with van der Waals surface area (Å²) in [4.78, 5) is 12.4. The molecule has 0 radical (unpaired) electrons. The Morgan fingerprint density at radius 3 is 3.23 bits per heavy atom. The van der Waals surface area contributed by atoms with Gasteiger partial charge in [-0.05, 0) is 12.1 Å². The summed E-state index contributed by atoms with van der Waals surface area (Å²) in [6, 6.07) is 6.86. The molecule has 0 fully saturated rings. The lowest BCUT2D eigenvalue weighted by Gasteiger charge is -2.13. The first-order valence-electron chi connectivity index (χ1n) is 7.15. The second-order valence-electron chi connectivity index (χ2n) is 4.98. The van der Waals surface area contributed by atoms with E-state index < -0.39 is 6.67 Å². The van der Waals surface area contributed by atoms with Gasteiger partial charge in [-0.1, -0.05) is 6.07 Å². The fourth-order valence-corrected chi connectivity index (χ4v) is 2.42. The number of ether oxygens (including phenoxy) is 1. The van der Waals surface area contributed by atoms with Crippen molar-refractivity contribution in [1.82, 2.24) is 15.5 Å². The lowest BCUT2D eigenvalue weighted by Crippen LogP contribution is -2.25. The predicted molar refractivity (Wildman–Crippen MR) is 79.9 cm³/mol. The highest BCUT2D eigenvalue weighted by atomic mass is 19.1. The summed E-state index contributed by atoms with van der Waals surface area (Å²) < 4.78 is 17.3. The quantitative estimate of drug-likeness (QED) is 0.785. The maximum atomic E-state index is 12.4. The third-order valence-corrected chi connectivity index (χ3v) is 3.46. The highest BCUT2D eigenvalue weighted by Crippen LogP contribution is 2.20. The maximum Gasteiger partial charge on any atom is 0.276 e. The number of alkyl halides is 1. The summed E-state index contributed by atoms with van der Waals surface area (Å²) in [5.74, 6) is 0.241. The van der Waals surface area contributed by atoms with Crippen molar-refractivity contribution in [2.45, 2.75) is 13.0 Å². The molecule has 1 aromatic heterocycles. The van der Waals surface area contributed by atoms with Crippen molar-refractivity contribution < 1.29 is 13.9 Å². The van der Waals surface area contributed by atoms with E-state index in [-0.39, 0.29) is 12.5 Å². The van der Waals surface area contributed by atoms with Crippen LogP contribution in [0, 0.1) is 0 Å². The molecular weight excluding hydrogens is 287 g/mol. The summed E-state index contributed by atoms with van der Waals surface area (Å²) in [5.41, 5.74) is 2.90. The van der Waals surface area contributed by atoms with E-state index in [1.807, 2.05) is 0 Å². The van der Waals surface area contributed by atoms with E-state index in [9.17, 15) is 9.18 Å². The SMILES string of the molecule is O=C(Nc1cccc(OCCF)c1)c1n[nH]c2c1CNCC2. The molecule has 0 aliphatic carbocycles. The fraction of sp³-hybridized carbons (Fsp3) is 0.333. The van der Waals surface area contributed by atoms with Crippen molar-refractivity contribution in [1.29, 1.82) is 0 Å². The number of amides is 1. The number of benzene rings is 1. The van der Waals surface area contributed by atoms with Gasteiger partial charge in [0.1, 0.15) is 19.0 Å². The molecule has 1 aliphatic heterocycles. The van der Waals surface area contributed by atoms with Crippen LogP contribution in [0.1, 0.15) is 21.7 Å². The van der Waals surface area contributed by atoms with Crippen LogP contribution in [0.15, 0.2) is 24.3 Å². The Morgan fingerprint density at radius 1 is 1.45 bits per heavy atom. The van der Waals surface area contributed by atoms with Crippen molar-refractivity contribution in [3.05, 3.63) is 41.2 Å². The van der Waals surface area contributed by atoms with Gasteiger partial charge >= 0.3 is 0 Å². The monoisotopic (exact) mass is 304 g/mol. The predicted octanol–water partition coefficient (Wildman–Crippen LogP) is 1.66. The van der Waals surface area contributed by atoms with Gasteiger partial charge in [0.2, 0.25) is 0 Å². The normalized spacial score (nSPS) is 13.5. The molecule has 22 heavy (non-hydrogen) atoms. The van der Waals surface area contributed by atoms with E-state index in [0.29, 0.717) is 23.7 Å². The molecule has 1 aromatic carbocycles. The molecule has 0 saturated carbocycles. The third-order valence-electron chi connectivity index (χ3n) is 3.46. The Kier molecular flexibility index (Phi) is 4.34. The molecule has 1 amide bonds. The number of aromatic amines is 1. The van der Waals surface area contributed by atoms with E-state index in [2.05, 4.69) is 20.8 Å². The number of hydrogen-bond acceptors (Lipinski definition) is 4. The summed E-state index contributed by atoms with van der Waals surface area (Å²) in [6.45, 7) is 0.956. The lowest BCUT2D eigenvalue weighted by molar-refractivity contribution is 0.102. The number of H-pyrrole nitrogens is 1. The number of carbonyl (C=O) groups is 1. The van der Waals surface area contributed by atoms with Gasteiger partial charge in [0.05, 0.1) is 0 Å². The summed E-state index contributed by atoms with van der Waals surface area (Å²) in [7, 11) is 0. The van der Waals surface area contributed by atoms with Crippen LogP contribution in [0.3, 0.4) is 0 Å². The number of nitrogens with zero attached hydrogens (tertiary/aromatic N) is 1. The number of carbonyl (C=O) groups excluding carboxylic acids is 1. The first kappa shape index (κ1) is 14.5. The van der Waals surface area contributed by atoms with Crippen LogP contribution < -0.4 is 15.4 Å². The summed E-state index contributed by atoms with van der Waals surface area (Å²) in [6.07, 6.45) is 0.835. The maximum absolute atomic E-state index is 12.4. The van der Waals surface area contributed by atoms with Gasteiger partial charge in [-0.2, -0.15) is 5.10 Å². The minimum Gasteiger partial charge on any atom is -0.491 e. The highest BCUT2D eigenvalue weighted by Gasteiger charge is 2.21. The average Bonchev–Trinajstić information content (AvgIpc) is 2.97. The number of halogens is 1. The topological polar surface area (TPSA) is 79.0 Å². The summed E-state index contributed by atoms with van der Waals surface area (Å²) >= 11 is 0. The Labute approximate surface area is 127 Å². The van der Waals surface area contributed by atoms with Gasteiger partial charge < -0.3 is 15.4 Å². The van der Waals surface area contributed by atoms with Crippen molar-refractivity contribution >= 4 is 11.6 Å². The van der Waals surface area contributed by atoms with Gasteiger partial charge in [0.25, 0.3) is 5.91 Å². The van der Waals surface area contributed by atoms with Crippen molar-refractivity contribution in [2.24, 2.45) is 0 Å². The third kappa shape index (κ3) is 3.09. The molecule has 7 heteroatoms. The first-order valence-corrected chi connectivity index (χ1v) is 7.15. The Hall–Kier alpha value is -2.41. The Balaban J connectivity index is 1.73. The first-order chi connectivity index (χ1) is 10.8. The lowest BCUT2D eigenvalue weighted by atomic mass is 10.1. The molecule has 2 heterocycles. The minimum absolute atomic E-state index is 0.00402. The summed E-state index contributed by atoms with van der Waals surface area (Å²) in [5, 5.41) is 13.0. The van der Waals surface area contributed by atoms with Crippen molar-refractivity contribution in [3.63, 3.8) is 0 Å². The molecule has 0 atom stereocenters. The molecule has 1 aliphatic rings. The average molecular weight is 304 g/mol. The van der Waals surface area contributed by atoms with Crippen LogP contribution in [-0.2, 0) is 13.0 Å². The van der Waals surface area contributed by atoms with E-state index in [4.69, 9.17) is 4.74 Å². The van der Waals surface area contributed by atoms with Crippen LogP contribution in [0.25, 0.3) is 0 Å². The smallest absolute Gasteiger partial charge is 0.276 e. The van der Waals surface area contributed by atoms with Crippen LogP contribution in [-0.4, -0.2) is 35.9 Å². The standard InChI is InChI=1S/C15H17FN4O2/c16-5-7-22-11-3-1-2-10(8-11)18-15(21)14-12-9-17-6-4-13(12)19-20-14/h1-3,8,17H,4-7,9H2,(H,18,21)(H,19,20). The number of fused-ring (bicyclic) bond motifs is 1. The second kappa shape index (κ2) is 6.57. The molecule has 2 aromatic rings. The second-order valence-corrected chi connectivity index (χ2v) is 4.98. The number of rotatable bonds is 5. The molecule has 3 N–H and O–H groups in total. The van der Waals surface area contributed by atoms with E-state index >= 15 is 0 Å². The molecule has 3 rings (SSSR count). The molecule has 6 nitrogen and oxygen atoms in total. The van der Waals surface area contributed by atoms with Crippen LogP contribution in [0.5, 0.6) is 5.75 Å². The van der Waals surface area contributed by atoms with Gasteiger partial charge in [0, 0.05) is 42.5 Å². The number of anilines is 1. The Morgan fingerprint density at radius 2 is 2.36 bits per heavy atom. The van der Waals surface area contributed by atoms with Crippen LogP contribution in [0.4, 0.5) is 10.1 Å². The molecule has 0 unspecified atom stereocenters. The zero-order valence-electron chi connectivity index (χ0n) is 12.0. The molecule has 0 saturated heterocycles. The van der Waals surface area contributed by atoms with Crippen molar-refractivity contribution in [2.75, 3.05) is 25.1 Å². The van der Waals surface area contributed by atoms with Gasteiger partial charge in [-0.3, -0.25) is 9.89 Å². The van der Waals surface area contributed by atoms with Gasteiger partial charge in [-0.25, -0.2) is 4.39 Å². The molecular formula is C15H17FN4O2. The molecule has 0 bridgehead atoms. The zero-order chi connectivity index (χ0) is 15.4. The van der Waals surface area contributed by atoms with E-state index in [1.54, 1.807) is 24.3 Å². The van der Waals surface area contributed by atoms with Gasteiger partial charge in [-0.15, -0.1) is 0 Å².